The first-order valence-corrected chi connectivity index (χ1v) is 8.41. The minimum Gasteiger partial charge on any atom is -0.381 e. The van der Waals surface area contributed by atoms with Crippen LogP contribution in [0.4, 0.5) is 0 Å². The largest absolute Gasteiger partial charge is 0.381 e. The summed E-state index contributed by atoms with van der Waals surface area (Å²) in [6.45, 7) is 0. The van der Waals surface area contributed by atoms with Crippen LogP contribution in [0.1, 0.15) is 36.2 Å². The third kappa shape index (κ3) is 3.12. The van der Waals surface area contributed by atoms with Gasteiger partial charge in [-0.15, -0.1) is 0 Å². The average molecular weight is 340 g/mol. The maximum absolute atomic E-state index is 12.8. The lowest BCUT2D eigenvalue weighted by Gasteiger charge is -2.28. The van der Waals surface area contributed by atoms with Gasteiger partial charge in [0, 0.05) is 31.7 Å². The number of methoxy groups -OCH3 is 1. The van der Waals surface area contributed by atoms with Gasteiger partial charge in [-0.1, -0.05) is 0 Å². The number of nitrogens with zero attached hydrogens (tertiary/aromatic N) is 4. The number of imidazole rings is 1. The molecule has 3 aromatic rings. The smallest absolute Gasteiger partial charge is 0.272 e. The van der Waals surface area contributed by atoms with Gasteiger partial charge in [0.1, 0.15) is 6.33 Å². The minimum absolute atomic E-state index is 0.149. The van der Waals surface area contributed by atoms with Gasteiger partial charge in [0.05, 0.1) is 17.1 Å². The normalized spacial score (nSPS) is 20.7. The van der Waals surface area contributed by atoms with Crippen LogP contribution in [-0.2, 0) is 4.74 Å². The SMILES string of the molecule is CO[C@H]1CC[C@H](NC(=O)c2nc(-n3ccnc3)nc3cc[nH]c23)CC1. The Bertz CT molecular complexity index is 865. The molecule has 0 radical (unpaired) electrons. The standard InChI is InChI=1S/C17H20N6O2/c1-25-12-4-2-11(3-5-12)20-16(24)15-14-13(6-7-19-14)21-17(22-15)23-9-8-18-10-23/h6-12,19H,2-5H2,1H3,(H,20,24)/t11-,12-. The monoisotopic (exact) mass is 340 g/mol. The molecular weight excluding hydrogens is 320 g/mol. The molecule has 0 spiro atoms. The Morgan fingerprint density at radius 1 is 1.32 bits per heavy atom. The highest BCUT2D eigenvalue weighted by molar-refractivity contribution is 6.03. The van der Waals surface area contributed by atoms with Crippen LogP contribution in [0.3, 0.4) is 0 Å². The summed E-state index contributed by atoms with van der Waals surface area (Å²) < 4.78 is 7.07. The number of amides is 1. The molecule has 1 aliphatic carbocycles. The van der Waals surface area contributed by atoms with Crippen LogP contribution < -0.4 is 5.32 Å². The number of aromatic amines is 1. The summed E-state index contributed by atoms with van der Waals surface area (Å²) in [4.78, 5) is 28.8. The minimum atomic E-state index is -0.183. The van der Waals surface area contributed by atoms with Crippen molar-refractivity contribution in [3.05, 3.63) is 36.7 Å². The lowest BCUT2D eigenvalue weighted by atomic mass is 9.93. The molecule has 0 aliphatic heterocycles. The Labute approximate surface area is 144 Å². The van der Waals surface area contributed by atoms with E-state index in [1.807, 2.05) is 6.07 Å². The quantitative estimate of drug-likeness (QED) is 0.755. The van der Waals surface area contributed by atoms with E-state index < -0.39 is 0 Å². The maximum Gasteiger partial charge on any atom is 0.272 e. The number of H-pyrrole nitrogens is 1. The van der Waals surface area contributed by atoms with Gasteiger partial charge in [0.25, 0.3) is 5.91 Å². The molecule has 1 amide bonds. The molecular formula is C17H20N6O2. The Hall–Kier alpha value is -2.74. The number of hydrogen-bond donors (Lipinski definition) is 2. The predicted molar refractivity (Wildman–Crippen MR) is 91.5 cm³/mol. The number of carbonyl (C=O) groups is 1. The zero-order valence-corrected chi connectivity index (χ0v) is 14.0. The zero-order chi connectivity index (χ0) is 17.2. The molecule has 8 heteroatoms. The van der Waals surface area contributed by atoms with Crippen molar-refractivity contribution in [2.45, 2.75) is 37.8 Å². The van der Waals surface area contributed by atoms with Crippen LogP contribution in [0.25, 0.3) is 17.0 Å². The second-order valence-electron chi connectivity index (χ2n) is 6.26. The number of aromatic nitrogens is 5. The van der Waals surface area contributed by atoms with Crippen molar-refractivity contribution in [3.63, 3.8) is 0 Å². The predicted octanol–water partition coefficient (Wildman–Crippen LogP) is 1.83. The fourth-order valence-electron chi connectivity index (χ4n) is 3.29. The number of fused-ring (bicyclic) bond motifs is 1. The van der Waals surface area contributed by atoms with E-state index in [1.54, 1.807) is 36.6 Å². The summed E-state index contributed by atoms with van der Waals surface area (Å²) in [6.07, 6.45) is 10.8. The first-order valence-electron chi connectivity index (χ1n) is 8.41. The van der Waals surface area contributed by atoms with Crippen LogP contribution in [-0.4, -0.2) is 49.7 Å². The fraction of sp³-hybridized carbons (Fsp3) is 0.412. The topological polar surface area (TPSA) is 97.7 Å². The summed E-state index contributed by atoms with van der Waals surface area (Å²) in [7, 11) is 1.74. The number of ether oxygens (including phenoxy) is 1. The molecule has 8 nitrogen and oxygen atoms in total. The Morgan fingerprint density at radius 3 is 2.88 bits per heavy atom. The third-order valence-corrected chi connectivity index (χ3v) is 4.69. The van der Waals surface area contributed by atoms with Crippen LogP contribution in [0.15, 0.2) is 31.0 Å². The van der Waals surface area contributed by atoms with Gasteiger partial charge in [0.2, 0.25) is 5.95 Å². The van der Waals surface area contributed by atoms with Crippen molar-refractivity contribution >= 4 is 16.9 Å². The summed E-state index contributed by atoms with van der Waals surface area (Å²) in [5, 5.41) is 3.10. The molecule has 0 aromatic carbocycles. The molecule has 0 bridgehead atoms. The molecule has 0 saturated heterocycles. The van der Waals surface area contributed by atoms with Crippen LogP contribution in [0.5, 0.6) is 0 Å². The van der Waals surface area contributed by atoms with Crippen molar-refractivity contribution in [2.75, 3.05) is 7.11 Å². The van der Waals surface area contributed by atoms with Crippen molar-refractivity contribution in [2.24, 2.45) is 0 Å². The van der Waals surface area contributed by atoms with E-state index in [-0.39, 0.29) is 11.9 Å². The lowest BCUT2D eigenvalue weighted by molar-refractivity contribution is 0.0598. The molecule has 1 saturated carbocycles. The van der Waals surface area contributed by atoms with Gasteiger partial charge in [-0.2, -0.15) is 0 Å². The van der Waals surface area contributed by atoms with E-state index >= 15 is 0 Å². The molecule has 1 aliphatic rings. The lowest BCUT2D eigenvalue weighted by Crippen LogP contribution is -2.39. The average Bonchev–Trinajstić information content (AvgIpc) is 3.32. The van der Waals surface area contributed by atoms with Crippen LogP contribution in [0, 0.1) is 0 Å². The van der Waals surface area contributed by atoms with Gasteiger partial charge in [-0.25, -0.2) is 15.0 Å². The van der Waals surface area contributed by atoms with E-state index in [4.69, 9.17) is 4.74 Å². The first kappa shape index (κ1) is 15.8. The fourth-order valence-corrected chi connectivity index (χ4v) is 3.29. The Balaban J connectivity index is 1.59. The van der Waals surface area contributed by atoms with Crippen LogP contribution in [0.2, 0.25) is 0 Å². The van der Waals surface area contributed by atoms with Crippen molar-refractivity contribution < 1.29 is 9.53 Å². The first-order chi connectivity index (χ1) is 12.2. The molecule has 3 heterocycles. The van der Waals surface area contributed by atoms with E-state index in [2.05, 4.69) is 25.3 Å². The molecule has 1 fully saturated rings. The van der Waals surface area contributed by atoms with Gasteiger partial charge in [0.15, 0.2) is 5.69 Å². The Kier molecular flexibility index (Phi) is 4.19. The van der Waals surface area contributed by atoms with Gasteiger partial charge in [-0.3, -0.25) is 9.36 Å². The molecule has 4 rings (SSSR count). The molecule has 25 heavy (non-hydrogen) atoms. The van der Waals surface area contributed by atoms with E-state index in [9.17, 15) is 4.79 Å². The number of rotatable bonds is 4. The van der Waals surface area contributed by atoms with Crippen molar-refractivity contribution in [1.82, 2.24) is 29.8 Å². The maximum atomic E-state index is 12.8. The van der Waals surface area contributed by atoms with Gasteiger partial charge < -0.3 is 15.0 Å². The van der Waals surface area contributed by atoms with Gasteiger partial charge >= 0.3 is 0 Å². The number of carbonyl (C=O) groups excluding carboxylic acids is 1. The highest BCUT2D eigenvalue weighted by Crippen LogP contribution is 2.22. The van der Waals surface area contributed by atoms with Crippen LogP contribution >= 0.6 is 0 Å². The summed E-state index contributed by atoms with van der Waals surface area (Å²) in [5.74, 6) is 0.245. The number of hydrogen-bond acceptors (Lipinski definition) is 5. The molecule has 0 unspecified atom stereocenters. The third-order valence-electron chi connectivity index (χ3n) is 4.69. The van der Waals surface area contributed by atoms with Gasteiger partial charge in [-0.05, 0) is 31.7 Å². The molecule has 130 valence electrons. The summed E-state index contributed by atoms with van der Waals surface area (Å²) in [6, 6.07) is 1.98. The second kappa shape index (κ2) is 6.64. The number of nitrogens with one attached hydrogen (secondary N) is 2. The van der Waals surface area contributed by atoms with E-state index in [0.29, 0.717) is 28.8 Å². The summed E-state index contributed by atoms with van der Waals surface area (Å²) in [5.41, 5.74) is 1.70. The highest BCUT2D eigenvalue weighted by atomic mass is 16.5. The highest BCUT2D eigenvalue weighted by Gasteiger charge is 2.24. The zero-order valence-electron chi connectivity index (χ0n) is 14.0. The van der Waals surface area contributed by atoms with E-state index in [0.717, 1.165) is 25.7 Å². The van der Waals surface area contributed by atoms with Crippen molar-refractivity contribution in [1.29, 1.82) is 0 Å². The van der Waals surface area contributed by atoms with Crippen molar-refractivity contribution in [3.8, 4) is 5.95 Å². The Morgan fingerprint density at radius 2 is 2.16 bits per heavy atom. The summed E-state index contributed by atoms with van der Waals surface area (Å²) >= 11 is 0. The van der Waals surface area contributed by atoms with E-state index in [1.165, 1.54) is 0 Å². The molecule has 3 aromatic heterocycles. The molecule has 0 atom stereocenters. The second-order valence-corrected chi connectivity index (χ2v) is 6.26. The molecule has 2 N–H and O–H groups in total.